The van der Waals surface area contributed by atoms with E-state index in [0.717, 1.165) is 34.4 Å². The number of ketones is 1. The van der Waals surface area contributed by atoms with Crippen LogP contribution in [0, 0.1) is 6.92 Å². The number of nitrogens with zero attached hydrogens (tertiary/aromatic N) is 4. The summed E-state index contributed by atoms with van der Waals surface area (Å²) >= 11 is 0. The molecule has 0 saturated heterocycles. The van der Waals surface area contributed by atoms with Crippen LogP contribution in [0.2, 0.25) is 0 Å². The number of benzene rings is 2. The van der Waals surface area contributed by atoms with Crippen LogP contribution < -0.4 is 0 Å². The smallest absolute Gasteiger partial charge is 0.202 e. The largest absolute Gasteiger partial charge is 0.335 e. The molecule has 0 saturated carbocycles. The number of imidazole rings is 1. The molecule has 0 fully saturated rings. The molecule has 2 aromatic carbocycles. The standard InChI is InChI=1S/C22H23N5O/c1-14-6-4-9-18-21(14)25-22(24-18)19(28)12-16-7-5-8-17(11-16)15(2)10-20-26-23-13-27(20)3/h4-9,11,13,15H,10,12H2,1-3H3,(H,24,25)/t15-/m1/s1. The number of para-hydroxylation sites is 1. The molecule has 142 valence electrons. The van der Waals surface area contributed by atoms with Gasteiger partial charge in [0.05, 0.1) is 11.0 Å². The molecule has 0 aliphatic carbocycles. The monoisotopic (exact) mass is 373 g/mol. The van der Waals surface area contributed by atoms with Crippen LogP contribution in [0.4, 0.5) is 0 Å². The average Bonchev–Trinajstić information content (AvgIpc) is 3.29. The van der Waals surface area contributed by atoms with Gasteiger partial charge in [-0.25, -0.2) is 4.98 Å². The molecule has 0 unspecified atom stereocenters. The van der Waals surface area contributed by atoms with E-state index in [1.165, 1.54) is 5.56 Å². The van der Waals surface area contributed by atoms with Gasteiger partial charge < -0.3 is 9.55 Å². The zero-order valence-electron chi connectivity index (χ0n) is 16.3. The van der Waals surface area contributed by atoms with Gasteiger partial charge in [0.25, 0.3) is 0 Å². The van der Waals surface area contributed by atoms with Gasteiger partial charge in [-0.2, -0.15) is 0 Å². The number of carbonyl (C=O) groups excluding carboxylic acids is 1. The van der Waals surface area contributed by atoms with Gasteiger partial charge in [-0.15, -0.1) is 10.2 Å². The van der Waals surface area contributed by atoms with Gasteiger partial charge in [0, 0.05) is 19.9 Å². The maximum Gasteiger partial charge on any atom is 0.202 e. The Morgan fingerprint density at radius 2 is 2.04 bits per heavy atom. The summed E-state index contributed by atoms with van der Waals surface area (Å²) in [5.41, 5.74) is 5.00. The number of aromatic amines is 1. The molecule has 0 bridgehead atoms. The molecule has 6 nitrogen and oxygen atoms in total. The van der Waals surface area contributed by atoms with Crippen molar-refractivity contribution in [3.8, 4) is 0 Å². The quantitative estimate of drug-likeness (QED) is 0.522. The van der Waals surface area contributed by atoms with Crippen LogP contribution in [0.15, 0.2) is 48.8 Å². The number of hydrogen-bond acceptors (Lipinski definition) is 4. The molecule has 4 aromatic rings. The normalized spacial score (nSPS) is 12.4. The van der Waals surface area contributed by atoms with Crippen molar-refractivity contribution in [2.24, 2.45) is 7.05 Å². The van der Waals surface area contributed by atoms with E-state index in [-0.39, 0.29) is 11.7 Å². The SMILES string of the molecule is Cc1cccc2[nH]c(C(=O)Cc3cccc([C@H](C)Cc4nncn4C)c3)nc12. The molecule has 28 heavy (non-hydrogen) atoms. The second-order valence-corrected chi connectivity index (χ2v) is 7.36. The molecule has 1 N–H and O–H groups in total. The zero-order valence-corrected chi connectivity index (χ0v) is 16.3. The minimum absolute atomic E-state index is 0.00583. The summed E-state index contributed by atoms with van der Waals surface area (Å²) in [5, 5.41) is 8.11. The minimum atomic E-state index is -0.00583. The number of hydrogen-bond donors (Lipinski definition) is 1. The number of nitrogens with one attached hydrogen (secondary N) is 1. The Hall–Kier alpha value is -3.28. The first kappa shape index (κ1) is 18.1. The fourth-order valence-electron chi connectivity index (χ4n) is 3.47. The van der Waals surface area contributed by atoms with Gasteiger partial charge >= 0.3 is 0 Å². The molecule has 0 radical (unpaired) electrons. The van der Waals surface area contributed by atoms with Crippen LogP contribution >= 0.6 is 0 Å². The molecule has 6 heteroatoms. The molecular weight excluding hydrogens is 350 g/mol. The Labute approximate surface area is 163 Å². The number of carbonyl (C=O) groups is 1. The van der Waals surface area contributed by atoms with Crippen molar-refractivity contribution in [3.05, 3.63) is 77.1 Å². The first-order chi connectivity index (χ1) is 13.5. The maximum absolute atomic E-state index is 12.8. The van der Waals surface area contributed by atoms with Crippen molar-refractivity contribution < 1.29 is 4.79 Å². The number of Topliss-reactive ketones (excluding diaryl/α,β-unsaturated/α-hetero) is 1. The van der Waals surface area contributed by atoms with E-state index in [4.69, 9.17) is 0 Å². The highest BCUT2D eigenvalue weighted by Gasteiger charge is 2.15. The van der Waals surface area contributed by atoms with E-state index in [2.05, 4.69) is 39.2 Å². The molecule has 0 spiro atoms. The Morgan fingerprint density at radius 3 is 2.79 bits per heavy atom. The van der Waals surface area contributed by atoms with Crippen molar-refractivity contribution in [3.63, 3.8) is 0 Å². The Morgan fingerprint density at radius 1 is 1.21 bits per heavy atom. The predicted molar refractivity (Wildman–Crippen MR) is 108 cm³/mol. The molecule has 2 heterocycles. The van der Waals surface area contributed by atoms with Gasteiger partial charge in [0.1, 0.15) is 12.2 Å². The van der Waals surface area contributed by atoms with Crippen LogP contribution in [-0.4, -0.2) is 30.5 Å². The Balaban J connectivity index is 1.51. The summed E-state index contributed by atoms with van der Waals surface area (Å²) < 4.78 is 1.94. The van der Waals surface area contributed by atoms with E-state index < -0.39 is 0 Å². The van der Waals surface area contributed by atoms with E-state index in [1.54, 1.807) is 6.33 Å². The molecule has 0 aliphatic heterocycles. The highest BCUT2D eigenvalue weighted by molar-refractivity contribution is 5.97. The summed E-state index contributed by atoms with van der Waals surface area (Å²) in [7, 11) is 1.95. The minimum Gasteiger partial charge on any atom is -0.335 e. The van der Waals surface area contributed by atoms with Gasteiger partial charge in [0.15, 0.2) is 5.82 Å². The predicted octanol–water partition coefficient (Wildman–Crippen LogP) is 3.77. The molecule has 0 amide bonds. The third-order valence-corrected chi connectivity index (χ3v) is 5.16. The van der Waals surface area contributed by atoms with Gasteiger partial charge in [-0.3, -0.25) is 4.79 Å². The van der Waals surface area contributed by atoms with E-state index >= 15 is 0 Å². The highest BCUT2D eigenvalue weighted by atomic mass is 16.1. The van der Waals surface area contributed by atoms with E-state index in [9.17, 15) is 4.79 Å². The van der Waals surface area contributed by atoms with Crippen LogP contribution in [0.3, 0.4) is 0 Å². The summed E-state index contributed by atoms with van der Waals surface area (Å²) in [6.07, 6.45) is 2.84. The number of rotatable bonds is 6. The number of H-pyrrole nitrogens is 1. The molecule has 0 aliphatic rings. The summed E-state index contributed by atoms with van der Waals surface area (Å²) in [5.74, 6) is 1.65. The van der Waals surface area contributed by atoms with Crippen molar-refractivity contribution in [2.75, 3.05) is 0 Å². The summed E-state index contributed by atoms with van der Waals surface area (Å²) in [4.78, 5) is 20.4. The van der Waals surface area contributed by atoms with Gasteiger partial charge in [-0.1, -0.05) is 43.3 Å². The summed E-state index contributed by atoms with van der Waals surface area (Å²) in [6, 6.07) is 14.1. The fraction of sp³-hybridized carbons (Fsp3) is 0.273. The van der Waals surface area contributed by atoms with Crippen molar-refractivity contribution in [1.29, 1.82) is 0 Å². The Kier molecular flexibility index (Phi) is 4.77. The zero-order chi connectivity index (χ0) is 19.7. The van der Waals surface area contributed by atoms with Crippen molar-refractivity contribution in [1.82, 2.24) is 24.7 Å². The first-order valence-electron chi connectivity index (χ1n) is 9.41. The van der Waals surface area contributed by atoms with Crippen LogP contribution in [0.25, 0.3) is 11.0 Å². The van der Waals surface area contributed by atoms with E-state index in [0.29, 0.717) is 12.2 Å². The molecule has 2 aromatic heterocycles. The number of aromatic nitrogens is 5. The fourth-order valence-corrected chi connectivity index (χ4v) is 3.47. The molecule has 1 atom stereocenters. The number of fused-ring (bicyclic) bond motifs is 1. The summed E-state index contributed by atoms with van der Waals surface area (Å²) in [6.45, 7) is 4.16. The molecule has 4 rings (SSSR count). The van der Waals surface area contributed by atoms with Crippen LogP contribution in [0.1, 0.15) is 46.0 Å². The Bertz CT molecular complexity index is 1140. The van der Waals surface area contributed by atoms with Crippen LogP contribution in [-0.2, 0) is 19.9 Å². The lowest BCUT2D eigenvalue weighted by atomic mass is 9.94. The topological polar surface area (TPSA) is 76.5 Å². The first-order valence-corrected chi connectivity index (χ1v) is 9.41. The maximum atomic E-state index is 12.8. The average molecular weight is 373 g/mol. The molecular formula is C22H23N5O. The van der Waals surface area contributed by atoms with Gasteiger partial charge in [-0.05, 0) is 35.6 Å². The lowest BCUT2D eigenvalue weighted by molar-refractivity contribution is 0.0984. The van der Waals surface area contributed by atoms with Crippen molar-refractivity contribution in [2.45, 2.75) is 32.6 Å². The van der Waals surface area contributed by atoms with Crippen molar-refractivity contribution >= 4 is 16.8 Å². The van der Waals surface area contributed by atoms with Gasteiger partial charge in [0.2, 0.25) is 5.78 Å². The third-order valence-electron chi connectivity index (χ3n) is 5.16. The highest BCUT2D eigenvalue weighted by Crippen LogP contribution is 2.22. The third kappa shape index (κ3) is 3.58. The lowest BCUT2D eigenvalue weighted by Gasteiger charge is -2.12. The van der Waals surface area contributed by atoms with E-state index in [1.807, 2.05) is 48.9 Å². The second kappa shape index (κ2) is 7.38. The van der Waals surface area contributed by atoms with Crippen LogP contribution in [0.5, 0.6) is 0 Å². The number of aryl methyl sites for hydroxylation is 2. The lowest BCUT2D eigenvalue weighted by Crippen LogP contribution is -2.08. The second-order valence-electron chi connectivity index (χ2n) is 7.36.